The van der Waals surface area contributed by atoms with Crippen LogP contribution in [0.25, 0.3) is 0 Å². The third-order valence-corrected chi connectivity index (χ3v) is 6.76. The summed E-state index contributed by atoms with van der Waals surface area (Å²) in [5, 5.41) is 10.9. The number of para-hydroxylation sites is 1. The smallest absolute Gasteiger partial charge is 0.241 e. The zero-order valence-corrected chi connectivity index (χ0v) is 18.9. The van der Waals surface area contributed by atoms with Gasteiger partial charge in [-0.15, -0.1) is 0 Å². The highest BCUT2D eigenvalue weighted by molar-refractivity contribution is 6.00. The molecule has 164 valence electrons. The molecule has 4 aromatic carbocycles. The van der Waals surface area contributed by atoms with Gasteiger partial charge in [-0.1, -0.05) is 108 Å². The Kier molecular flexibility index (Phi) is 5.26. The molecule has 3 heteroatoms. The first-order chi connectivity index (χ1) is 16.0. The topological polar surface area (TPSA) is 40.5 Å². The Balaban J connectivity index is 1.73. The van der Waals surface area contributed by atoms with Gasteiger partial charge in [0.05, 0.1) is 6.04 Å². The number of nitrogens with zero attached hydrogens (tertiary/aromatic N) is 1. The zero-order valence-electron chi connectivity index (χ0n) is 18.9. The van der Waals surface area contributed by atoms with Crippen LogP contribution in [0, 0.1) is 13.8 Å². The lowest BCUT2D eigenvalue weighted by Crippen LogP contribution is -2.66. The molecule has 1 N–H and O–H groups in total. The van der Waals surface area contributed by atoms with Crippen LogP contribution in [-0.4, -0.2) is 15.9 Å². The monoisotopic (exact) mass is 433 g/mol. The van der Waals surface area contributed by atoms with Gasteiger partial charge in [-0.2, -0.15) is 0 Å². The standard InChI is InChI=1S/C30H27NO2/c1-21-12-16-24(17-13-21)30(25-18-14-22(2)15-19-25)28(26-10-6-7-11-27(26)32)31(29(30)33)20-23-8-4-3-5-9-23/h3-19,28,32H,20H2,1-2H3. The lowest BCUT2D eigenvalue weighted by Gasteiger charge is -2.57. The predicted octanol–water partition coefficient (Wildman–Crippen LogP) is 6.08. The fourth-order valence-corrected chi connectivity index (χ4v) is 5.05. The van der Waals surface area contributed by atoms with Gasteiger partial charge < -0.3 is 10.0 Å². The number of carbonyl (C=O) groups excluding carboxylic acids is 1. The number of β-lactam (4-membered cyclic amide) rings is 1. The highest BCUT2D eigenvalue weighted by Gasteiger charge is 2.63. The summed E-state index contributed by atoms with van der Waals surface area (Å²) in [6.45, 7) is 4.58. The van der Waals surface area contributed by atoms with Crippen molar-refractivity contribution in [2.24, 2.45) is 0 Å². The molecule has 1 atom stereocenters. The van der Waals surface area contributed by atoms with E-state index in [1.54, 1.807) is 6.07 Å². The van der Waals surface area contributed by atoms with Crippen molar-refractivity contribution in [3.8, 4) is 5.75 Å². The summed E-state index contributed by atoms with van der Waals surface area (Å²) in [5.74, 6) is 0.254. The summed E-state index contributed by atoms with van der Waals surface area (Å²) in [4.78, 5) is 16.1. The number of phenols is 1. The first-order valence-corrected chi connectivity index (χ1v) is 11.3. The summed E-state index contributed by atoms with van der Waals surface area (Å²) < 4.78 is 0. The molecule has 0 aromatic heterocycles. The van der Waals surface area contributed by atoms with Crippen LogP contribution in [0.4, 0.5) is 0 Å². The van der Waals surface area contributed by atoms with E-state index in [1.165, 1.54) is 0 Å². The zero-order chi connectivity index (χ0) is 23.0. The van der Waals surface area contributed by atoms with Gasteiger partial charge in [-0.25, -0.2) is 0 Å². The van der Waals surface area contributed by atoms with E-state index in [9.17, 15) is 9.90 Å². The Morgan fingerprint density at radius 2 is 1.24 bits per heavy atom. The number of likely N-dealkylation sites (tertiary alicyclic amines) is 1. The van der Waals surface area contributed by atoms with Gasteiger partial charge >= 0.3 is 0 Å². The highest BCUT2D eigenvalue weighted by atomic mass is 16.3. The molecule has 4 aromatic rings. The van der Waals surface area contributed by atoms with Gasteiger partial charge in [-0.05, 0) is 36.6 Å². The van der Waals surface area contributed by atoms with Crippen LogP contribution in [0.15, 0.2) is 103 Å². The molecule has 0 bridgehead atoms. The van der Waals surface area contributed by atoms with E-state index in [1.807, 2.05) is 67.3 Å². The minimum atomic E-state index is -0.908. The Labute approximate surface area is 195 Å². The van der Waals surface area contributed by atoms with Crippen molar-refractivity contribution >= 4 is 5.91 Å². The maximum atomic E-state index is 14.2. The number of benzene rings is 4. The summed E-state index contributed by atoms with van der Waals surface area (Å²) >= 11 is 0. The van der Waals surface area contributed by atoms with E-state index in [4.69, 9.17) is 0 Å². The van der Waals surface area contributed by atoms with Crippen molar-refractivity contribution in [3.63, 3.8) is 0 Å². The predicted molar refractivity (Wildman–Crippen MR) is 131 cm³/mol. The quantitative estimate of drug-likeness (QED) is 0.388. The van der Waals surface area contributed by atoms with E-state index in [0.717, 1.165) is 33.4 Å². The van der Waals surface area contributed by atoms with Crippen LogP contribution >= 0.6 is 0 Å². The van der Waals surface area contributed by atoms with Crippen molar-refractivity contribution in [2.75, 3.05) is 0 Å². The summed E-state index contributed by atoms with van der Waals surface area (Å²) in [5.41, 5.74) is 5.09. The van der Waals surface area contributed by atoms with Crippen molar-refractivity contribution in [1.29, 1.82) is 0 Å². The number of phenolic OH excluding ortho intramolecular Hbond substituents is 1. The van der Waals surface area contributed by atoms with Gasteiger partial charge in [0.25, 0.3) is 0 Å². The largest absolute Gasteiger partial charge is 0.508 e. The number of hydrogen-bond donors (Lipinski definition) is 1. The normalized spacial score (nSPS) is 17.0. The molecule has 1 aliphatic heterocycles. The van der Waals surface area contributed by atoms with Crippen LogP contribution in [0.1, 0.15) is 39.4 Å². The molecule has 1 fully saturated rings. The van der Waals surface area contributed by atoms with E-state index in [-0.39, 0.29) is 17.7 Å². The van der Waals surface area contributed by atoms with Crippen molar-refractivity contribution in [3.05, 3.63) is 137 Å². The van der Waals surface area contributed by atoms with E-state index in [0.29, 0.717) is 6.54 Å². The lowest BCUT2D eigenvalue weighted by atomic mass is 9.59. The molecular weight excluding hydrogens is 406 g/mol. The highest BCUT2D eigenvalue weighted by Crippen LogP contribution is 2.57. The second kappa shape index (κ2) is 8.25. The second-order valence-corrected chi connectivity index (χ2v) is 8.92. The molecule has 0 aliphatic carbocycles. The first-order valence-electron chi connectivity index (χ1n) is 11.3. The number of aryl methyl sites for hydroxylation is 2. The molecule has 33 heavy (non-hydrogen) atoms. The fourth-order valence-electron chi connectivity index (χ4n) is 5.05. The minimum Gasteiger partial charge on any atom is -0.508 e. The third kappa shape index (κ3) is 3.41. The van der Waals surface area contributed by atoms with Gasteiger partial charge in [0, 0.05) is 12.1 Å². The van der Waals surface area contributed by atoms with Crippen LogP contribution in [0.5, 0.6) is 5.75 Å². The number of carbonyl (C=O) groups is 1. The van der Waals surface area contributed by atoms with E-state index >= 15 is 0 Å². The van der Waals surface area contributed by atoms with Crippen molar-refractivity contribution in [2.45, 2.75) is 31.8 Å². The summed E-state index contributed by atoms with van der Waals surface area (Å²) in [6.07, 6.45) is 0. The first kappa shape index (κ1) is 21.0. The van der Waals surface area contributed by atoms with E-state index < -0.39 is 5.41 Å². The molecule has 1 aliphatic rings. The van der Waals surface area contributed by atoms with Crippen LogP contribution in [0.3, 0.4) is 0 Å². The molecule has 0 radical (unpaired) electrons. The Bertz CT molecular complexity index is 1230. The average molecular weight is 434 g/mol. The summed E-state index contributed by atoms with van der Waals surface area (Å²) in [7, 11) is 0. The Hall–Kier alpha value is -3.85. The van der Waals surface area contributed by atoms with Crippen LogP contribution in [0.2, 0.25) is 0 Å². The molecule has 1 heterocycles. The van der Waals surface area contributed by atoms with Crippen molar-refractivity contribution in [1.82, 2.24) is 4.90 Å². The Morgan fingerprint density at radius 1 is 0.727 bits per heavy atom. The molecular formula is C30H27NO2. The van der Waals surface area contributed by atoms with Gasteiger partial charge in [0.2, 0.25) is 5.91 Å². The van der Waals surface area contributed by atoms with Gasteiger partial charge in [-0.3, -0.25) is 4.79 Å². The maximum Gasteiger partial charge on any atom is 0.241 e. The Morgan fingerprint density at radius 3 is 1.79 bits per heavy atom. The molecule has 5 rings (SSSR count). The number of aromatic hydroxyl groups is 1. The number of rotatable bonds is 5. The molecule has 0 saturated carbocycles. The molecule has 0 spiro atoms. The van der Waals surface area contributed by atoms with Crippen LogP contribution < -0.4 is 0 Å². The van der Waals surface area contributed by atoms with Crippen molar-refractivity contribution < 1.29 is 9.90 Å². The summed E-state index contributed by atoms with van der Waals surface area (Å²) in [6, 6.07) is 33.5. The molecule has 3 nitrogen and oxygen atoms in total. The minimum absolute atomic E-state index is 0.0484. The molecule has 1 saturated heterocycles. The van der Waals surface area contributed by atoms with E-state index in [2.05, 4.69) is 48.5 Å². The van der Waals surface area contributed by atoms with Gasteiger partial charge in [0.15, 0.2) is 0 Å². The SMILES string of the molecule is Cc1ccc(C2(c3ccc(C)cc3)C(=O)N(Cc3ccccc3)C2c2ccccc2O)cc1. The van der Waals surface area contributed by atoms with Crippen LogP contribution in [-0.2, 0) is 16.8 Å². The average Bonchev–Trinajstić information content (AvgIpc) is 2.84. The lowest BCUT2D eigenvalue weighted by molar-refractivity contribution is -0.159. The molecule has 1 unspecified atom stereocenters. The second-order valence-electron chi connectivity index (χ2n) is 8.92. The number of amides is 1. The van der Waals surface area contributed by atoms with Gasteiger partial charge in [0.1, 0.15) is 11.2 Å². The third-order valence-electron chi connectivity index (χ3n) is 6.76. The molecule has 1 amide bonds. The number of hydrogen-bond acceptors (Lipinski definition) is 2. The fraction of sp³-hybridized carbons (Fsp3) is 0.167. The maximum absolute atomic E-state index is 14.2.